The molecule has 1 rings (SSSR count). The molecule has 1 fully saturated rings. The van der Waals surface area contributed by atoms with Crippen LogP contribution in [-0.2, 0) is 4.74 Å². The predicted octanol–water partition coefficient (Wildman–Crippen LogP) is 0.196. The number of nitrogens with two attached hydrogens (primary N) is 1. The highest BCUT2D eigenvalue weighted by Crippen LogP contribution is 2.16. The van der Waals surface area contributed by atoms with Gasteiger partial charge in [0.1, 0.15) is 0 Å². The second-order valence-electron chi connectivity index (χ2n) is 3.93. The molecule has 2 N–H and O–H groups in total. The number of nitriles is 1. The van der Waals surface area contributed by atoms with E-state index in [1.165, 1.54) is 6.42 Å². The van der Waals surface area contributed by atoms with Crippen molar-refractivity contribution < 1.29 is 4.74 Å². The topological polar surface area (TPSA) is 62.3 Å². The molecule has 0 aromatic rings. The van der Waals surface area contributed by atoms with Gasteiger partial charge in [-0.1, -0.05) is 0 Å². The van der Waals surface area contributed by atoms with Gasteiger partial charge in [-0.15, -0.1) is 0 Å². The number of rotatable bonds is 5. The Morgan fingerprint density at radius 1 is 1.71 bits per heavy atom. The second-order valence-corrected chi connectivity index (χ2v) is 3.93. The third-order valence-corrected chi connectivity index (χ3v) is 2.69. The quantitative estimate of drug-likeness (QED) is 0.683. The van der Waals surface area contributed by atoms with E-state index < -0.39 is 0 Å². The van der Waals surface area contributed by atoms with Gasteiger partial charge in [-0.3, -0.25) is 0 Å². The summed E-state index contributed by atoms with van der Waals surface area (Å²) in [7, 11) is 1.74. The lowest BCUT2D eigenvalue weighted by Crippen LogP contribution is -2.28. The molecule has 0 aromatic carbocycles. The van der Waals surface area contributed by atoms with Crippen molar-refractivity contribution in [2.75, 3.05) is 33.4 Å². The molecular weight excluding hydrogens is 178 g/mol. The first kappa shape index (κ1) is 11.4. The van der Waals surface area contributed by atoms with E-state index in [4.69, 9.17) is 15.7 Å². The Labute approximate surface area is 85.6 Å². The molecule has 80 valence electrons. The molecule has 0 radical (unpaired) electrons. The first-order valence-corrected chi connectivity index (χ1v) is 5.12. The van der Waals surface area contributed by atoms with Gasteiger partial charge in [-0.2, -0.15) is 5.26 Å². The van der Waals surface area contributed by atoms with Crippen LogP contribution in [0.15, 0.2) is 0 Å². The van der Waals surface area contributed by atoms with Crippen LogP contribution in [0.3, 0.4) is 0 Å². The number of ether oxygens (including phenoxy) is 1. The first-order valence-electron chi connectivity index (χ1n) is 5.12. The van der Waals surface area contributed by atoms with E-state index in [1.54, 1.807) is 7.11 Å². The molecule has 0 aliphatic carbocycles. The monoisotopic (exact) mass is 197 g/mol. The molecule has 14 heavy (non-hydrogen) atoms. The van der Waals surface area contributed by atoms with Crippen molar-refractivity contribution in [1.29, 1.82) is 5.26 Å². The number of likely N-dealkylation sites (tertiary alicyclic amines) is 1. The van der Waals surface area contributed by atoms with E-state index >= 15 is 0 Å². The average molecular weight is 197 g/mol. The van der Waals surface area contributed by atoms with Crippen LogP contribution in [0.4, 0.5) is 0 Å². The molecule has 0 saturated carbocycles. The molecule has 0 aromatic heterocycles. The minimum atomic E-state index is -0.309. The molecule has 1 aliphatic heterocycles. The lowest BCUT2D eigenvalue weighted by Gasteiger charge is -2.16. The fourth-order valence-corrected chi connectivity index (χ4v) is 1.87. The van der Waals surface area contributed by atoms with Crippen LogP contribution in [0.1, 0.15) is 12.8 Å². The minimum Gasteiger partial charge on any atom is -0.384 e. The van der Waals surface area contributed by atoms with Crippen LogP contribution in [-0.4, -0.2) is 44.3 Å². The summed E-state index contributed by atoms with van der Waals surface area (Å²) in [6, 6.07) is 1.74. The zero-order valence-electron chi connectivity index (χ0n) is 8.78. The van der Waals surface area contributed by atoms with E-state index in [0.717, 1.165) is 32.7 Å². The Bertz CT molecular complexity index is 202. The number of hydrogen-bond acceptors (Lipinski definition) is 4. The van der Waals surface area contributed by atoms with E-state index in [2.05, 4.69) is 11.0 Å². The van der Waals surface area contributed by atoms with Gasteiger partial charge in [-0.25, -0.2) is 0 Å². The zero-order chi connectivity index (χ0) is 10.4. The van der Waals surface area contributed by atoms with E-state index in [9.17, 15) is 0 Å². The fraction of sp³-hybridized carbons (Fsp3) is 0.900. The summed E-state index contributed by atoms with van der Waals surface area (Å²) in [6.07, 6.45) is 1.98. The normalized spacial score (nSPS) is 24.8. The lowest BCUT2D eigenvalue weighted by atomic mass is 10.1. The summed E-state index contributed by atoms with van der Waals surface area (Å²) in [5, 5.41) is 8.53. The third kappa shape index (κ3) is 3.62. The van der Waals surface area contributed by atoms with Crippen LogP contribution in [0.25, 0.3) is 0 Å². The maximum atomic E-state index is 8.53. The maximum Gasteiger partial charge on any atom is 0.0940 e. The number of methoxy groups -OCH3 is 1. The summed E-state index contributed by atoms with van der Waals surface area (Å²) in [5.41, 5.74) is 5.53. The summed E-state index contributed by atoms with van der Waals surface area (Å²) < 4.78 is 5.12. The Balaban J connectivity index is 2.13. The molecule has 1 saturated heterocycles. The molecule has 1 aliphatic rings. The van der Waals surface area contributed by atoms with Crippen LogP contribution in [0.5, 0.6) is 0 Å². The summed E-state index contributed by atoms with van der Waals surface area (Å²) >= 11 is 0. The van der Waals surface area contributed by atoms with Crippen molar-refractivity contribution in [3.8, 4) is 6.07 Å². The van der Waals surface area contributed by atoms with Crippen LogP contribution < -0.4 is 5.73 Å². The Morgan fingerprint density at radius 2 is 2.50 bits per heavy atom. The zero-order valence-corrected chi connectivity index (χ0v) is 8.78. The van der Waals surface area contributed by atoms with Gasteiger partial charge in [0.05, 0.1) is 18.7 Å². The van der Waals surface area contributed by atoms with Gasteiger partial charge in [0, 0.05) is 20.2 Å². The van der Waals surface area contributed by atoms with Gasteiger partial charge in [0.2, 0.25) is 0 Å². The molecule has 0 spiro atoms. The molecule has 2 atom stereocenters. The second kappa shape index (κ2) is 5.97. The number of hydrogen-bond donors (Lipinski definition) is 1. The molecule has 0 bridgehead atoms. The smallest absolute Gasteiger partial charge is 0.0940 e. The predicted molar refractivity (Wildman–Crippen MR) is 54.6 cm³/mol. The Morgan fingerprint density at radius 3 is 3.14 bits per heavy atom. The lowest BCUT2D eigenvalue weighted by molar-refractivity contribution is 0.153. The van der Waals surface area contributed by atoms with Crippen LogP contribution in [0, 0.1) is 17.2 Å². The van der Waals surface area contributed by atoms with Gasteiger partial charge < -0.3 is 15.4 Å². The maximum absolute atomic E-state index is 8.53. The third-order valence-electron chi connectivity index (χ3n) is 2.69. The molecular formula is C10H19N3O. The summed E-state index contributed by atoms with van der Waals surface area (Å²) in [6.45, 7) is 3.99. The SMILES string of the molecule is COCC1CCN(CCC(N)C#N)C1. The van der Waals surface area contributed by atoms with Gasteiger partial charge in [0.25, 0.3) is 0 Å². The van der Waals surface area contributed by atoms with E-state index in [1.807, 2.05) is 0 Å². The standard InChI is InChI=1S/C10H19N3O/c1-14-8-9-2-4-13(7-9)5-3-10(12)6-11/h9-10H,2-5,7-8,12H2,1H3. The van der Waals surface area contributed by atoms with Crippen molar-refractivity contribution in [1.82, 2.24) is 4.90 Å². The highest BCUT2D eigenvalue weighted by atomic mass is 16.5. The Kier molecular flexibility index (Phi) is 4.88. The largest absolute Gasteiger partial charge is 0.384 e. The van der Waals surface area contributed by atoms with E-state index in [-0.39, 0.29) is 6.04 Å². The van der Waals surface area contributed by atoms with Crippen molar-refractivity contribution >= 4 is 0 Å². The minimum absolute atomic E-state index is 0.309. The number of nitrogens with zero attached hydrogens (tertiary/aromatic N) is 2. The van der Waals surface area contributed by atoms with Gasteiger partial charge in [0.15, 0.2) is 0 Å². The molecule has 4 nitrogen and oxygen atoms in total. The van der Waals surface area contributed by atoms with Crippen LogP contribution in [0.2, 0.25) is 0 Å². The van der Waals surface area contributed by atoms with Crippen molar-refractivity contribution in [3.63, 3.8) is 0 Å². The van der Waals surface area contributed by atoms with E-state index in [0.29, 0.717) is 5.92 Å². The van der Waals surface area contributed by atoms with Crippen molar-refractivity contribution in [2.45, 2.75) is 18.9 Å². The van der Waals surface area contributed by atoms with Crippen molar-refractivity contribution in [3.05, 3.63) is 0 Å². The summed E-state index contributed by atoms with van der Waals surface area (Å²) in [5.74, 6) is 0.665. The molecule has 0 amide bonds. The van der Waals surface area contributed by atoms with Crippen molar-refractivity contribution in [2.24, 2.45) is 11.7 Å². The Hall–Kier alpha value is -0.630. The average Bonchev–Trinajstić information content (AvgIpc) is 2.63. The first-order chi connectivity index (χ1) is 6.76. The molecule has 4 heteroatoms. The van der Waals surface area contributed by atoms with Gasteiger partial charge >= 0.3 is 0 Å². The fourth-order valence-electron chi connectivity index (χ4n) is 1.87. The molecule has 2 unspecified atom stereocenters. The summed E-state index contributed by atoms with van der Waals surface area (Å²) in [4.78, 5) is 2.36. The highest BCUT2D eigenvalue weighted by Gasteiger charge is 2.22. The molecule has 1 heterocycles. The highest BCUT2D eigenvalue weighted by molar-refractivity contribution is 4.87. The van der Waals surface area contributed by atoms with Crippen LogP contribution >= 0.6 is 0 Å². The van der Waals surface area contributed by atoms with Gasteiger partial charge in [-0.05, 0) is 25.3 Å².